The third-order valence-electron chi connectivity index (χ3n) is 5.36. The van der Waals surface area contributed by atoms with E-state index in [1.807, 2.05) is 28.7 Å². The van der Waals surface area contributed by atoms with Gasteiger partial charge in [0.15, 0.2) is 11.3 Å². The third-order valence-corrected chi connectivity index (χ3v) is 5.36. The number of piperazine rings is 1. The van der Waals surface area contributed by atoms with E-state index in [0.717, 1.165) is 43.0 Å². The molecule has 4 heterocycles. The van der Waals surface area contributed by atoms with E-state index in [1.165, 1.54) is 0 Å². The quantitative estimate of drug-likeness (QED) is 0.573. The highest BCUT2D eigenvalue weighted by Crippen LogP contribution is 2.26. The first-order valence-corrected chi connectivity index (χ1v) is 9.38. The van der Waals surface area contributed by atoms with Crippen molar-refractivity contribution in [2.45, 2.75) is 0 Å². The average molecular weight is 375 g/mol. The van der Waals surface area contributed by atoms with Crippen LogP contribution >= 0.6 is 0 Å². The molecule has 1 N–H and O–H groups in total. The number of imidazole rings is 1. The molecule has 1 amide bonds. The number of rotatable bonds is 2. The van der Waals surface area contributed by atoms with E-state index in [-0.39, 0.29) is 5.91 Å². The number of nitrogens with zero attached hydrogens (tertiary/aromatic N) is 6. The first-order chi connectivity index (χ1) is 13.7. The summed E-state index contributed by atoms with van der Waals surface area (Å²) in [5.41, 5.74) is 4.22. The minimum atomic E-state index is -0.188. The zero-order chi connectivity index (χ0) is 19.3. The summed E-state index contributed by atoms with van der Waals surface area (Å²) in [7, 11) is 3.75. The number of hydrogen-bond donors (Lipinski definition) is 1. The van der Waals surface area contributed by atoms with Gasteiger partial charge in [0.25, 0.3) is 5.91 Å². The van der Waals surface area contributed by atoms with Crippen LogP contribution in [0.5, 0.6) is 0 Å². The van der Waals surface area contributed by atoms with E-state index >= 15 is 0 Å². The van der Waals surface area contributed by atoms with Gasteiger partial charge in [0.1, 0.15) is 11.3 Å². The predicted molar refractivity (Wildman–Crippen MR) is 109 cm³/mol. The van der Waals surface area contributed by atoms with Crippen molar-refractivity contribution in [3.63, 3.8) is 0 Å². The third kappa shape index (κ3) is 2.56. The number of pyridine rings is 1. The normalized spacial score (nSPS) is 15.6. The zero-order valence-electron chi connectivity index (χ0n) is 15.9. The number of hydrogen-bond acceptors (Lipinski definition) is 6. The number of likely N-dealkylation sites (N-methyl/N-ethyl adjacent to an activating group) is 1. The smallest absolute Gasteiger partial charge is 0.254 e. The lowest BCUT2D eigenvalue weighted by molar-refractivity contribution is 0.0964. The van der Waals surface area contributed by atoms with Crippen molar-refractivity contribution in [2.75, 3.05) is 45.2 Å². The van der Waals surface area contributed by atoms with Gasteiger partial charge in [-0.15, -0.1) is 0 Å². The monoisotopic (exact) mass is 375 g/mol. The lowest BCUT2D eigenvalue weighted by Gasteiger charge is -2.33. The van der Waals surface area contributed by atoms with Gasteiger partial charge in [0, 0.05) is 33.2 Å². The van der Waals surface area contributed by atoms with Gasteiger partial charge in [0.2, 0.25) is 0 Å². The molecule has 1 aliphatic heterocycles. The van der Waals surface area contributed by atoms with E-state index in [2.05, 4.69) is 27.1 Å². The summed E-state index contributed by atoms with van der Waals surface area (Å²) >= 11 is 0. The average Bonchev–Trinajstić information content (AvgIpc) is 3.12. The number of para-hydroxylation sites is 2. The van der Waals surface area contributed by atoms with Crippen LogP contribution in [0.1, 0.15) is 10.4 Å². The van der Waals surface area contributed by atoms with Crippen molar-refractivity contribution >= 4 is 39.6 Å². The Morgan fingerprint density at radius 3 is 2.61 bits per heavy atom. The minimum Gasteiger partial charge on any atom is -0.355 e. The van der Waals surface area contributed by atoms with Crippen LogP contribution in [-0.4, -0.2) is 70.4 Å². The van der Waals surface area contributed by atoms with Gasteiger partial charge in [-0.2, -0.15) is 0 Å². The Bertz CT molecular complexity index is 1210. The molecule has 1 fully saturated rings. The summed E-state index contributed by atoms with van der Waals surface area (Å²) < 4.78 is 1.95. The highest BCUT2D eigenvalue weighted by molar-refractivity contribution is 6.04. The maximum atomic E-state index is 12.5. The molecule has 1 saturated heterocycles. The Hall–Kier alpha value is -3.26. The molecule has 0 aliphatic carbocycles. The van der Waals surface area contributed by atoms with E-state index in [0.29, 0.717) is 22.4 Å². The Morgan fingerprint density at radius 2 is 1.82 bits per heavy atom. The first kappa shape index (κ1) is 16.9. The summed E-state index contributed by atoms with van der Waals surface area (Å²) in [5, 5.41) is 2.70. The summed E-state index contributed by atoms with van der Waals surface area (Å²) in [6.45, 7) is 3.83. The number of nitrogens with one attached hydrogen (secondary N) is 1. The van der Waals surface area contributed by atoms with Crippen molar-refractivity contribution in [2.24, 2.45) is 0 Å². The Morgan fingerprint density at radius 1 is 1.04 bits per heavy atom. The van der Waals surface area contributed by atoms with Crippen LogP contribution in [0.25, 0.3) is 27.8 Å². The highest BCUT2D eigenvalue weighted by atomic mass is 16.1. The Labute approximate surface area is 161 Å². The van der Waals surface area contributed by atoms with Gasteiger partial charge >= 0.3 is 0 Å². The van der Waals surface area contributed by atoms with Gasteiger partial charge in [-0.1, -0.05) is 12.1 Å². The van der Waals surface area contributed by atoms with E-state index in [4.69, 9.17) is 9.97 Å². The van der Waals surface area contributed by atoms with E-state index < -0.39 is 0 Å². The van der Waals surface area contributed by atoms with Crippen LogP contribution in [0.4, 0.5) is 5.82 Å². The summed E-state index contributed by atoms with van der Waals surface area (Å²) in [6, 6.07) is 9.62. The van der Waals surface area contributed by atoms with Crippen LogP contribution in [0.2, 0.25) is 0 Å². The molecule has 5 rings (SSSR count). The van der Waals surface area contributed by atoms with Gasteiger partial charge < -0.3 is 15.1 Å². The second kappa shape index (κ2) is 6.42. The Kier molecular flexibility index (Phi) is 3.87. The lowest BCUT2D eigenvalue weighted by atomic mass is 10.2. The van der Waals surface area contributed by atoms with Gasteiger partial charge in [0.05, 0.1) is 22.8 Å². The van der Waals surface area contributed by atoms with Crippen molar-refractivity contribution in [1.29, 1.82) is 0 Å². The van der Waals surface area contributed by atoms with Gasteiger partial charge in [-0.3, -0.25) is 9.20 Å². The molecule has 4 aromatic rings. The second-order valence-corrected chi connectivity index (χ2v) is 7.12. The van der Waals surface area contributed by atoms with Crippen LogP contribution < -0.4 is 10.2 Å². The van der Waals surface area contributed by atoms with Crippen LogP contribution in [0.15, 0.2) is 36.5 Å². The molecule has 0 unspecified atom stereocenters. The fourth-order valence-corrected chi connectivity index (χ4v) is 3.76. The molecule has 8 heteroatoms. The van der Waals surface area contributed by atoms with Crippen LogP contribution in [0, 0.1) is 0 Å². The zero-order valence-corrected chi connectivity index (χ0v) is 15.9. The summed E-state index contributed by atoms with van der Waals surface area (Å²) in [6.07, 6.45) is 1.80. The van der Waals surface area contributed by atoms with E-state index in [9.17, 15) is 4.79 Å². The maximum Gasteiger partial charge on any atom is 0.254 e. The largest absolute Gasteiger partial charge is 0.355 e. The van der Waals surface area contributed by atoms with Crippen molar-refractivity contribution < 1.29 is 4.79 Å². The molecule has 3 aromatic heterocycles. The number of carbonyl (C=O) groups is 1. The van der Waals surface area contributed by atoms with E-state index in [1.54, 1.807) is 19.3 Å². The predicted octanol–water partition coefficient (Wildman–Crippen LogP) is 1.54. The molecule has 28 heavy (non-hydrogen) atoms. The Balaban J connectivity index is 1.79. The highest BCUT2D eigenvalue weighted by Gasteiger charge is 2.20. The molecule has 0 saturated carbocycles. The number of carbonyl (C=O) groups excluding carboxylic acids is 1. The molecule has 0 atom stereocenters. The second-order valence-electron chi connectivity index (χ2n) is 7.12. The lowest BCUT2D eigenvalue weighted by Crippen LogP contribution is -2.44. The molecule has 1 aliphatic rings. The van der Waals surface area contributed by atoms with Gasteiger partial charge in [-0.25, -0.2) is 15.0 Å². The molecule has 1 aromatic carbocycles. The minimum absolute atomic E-state index is 0.188. The number of aromatic nitrogens is 4. The molecule has 142 valence electrons. The molecule has 8 nitrogen and oxygen atoms in total. The maximum absolute atomic E-state index is 12.5. The molecular weight excluding hydrogens is 354 g/mol. The number of amides is 1. The standard InChI is InChI=1S/C20H21N7O/c1-21-20(28)13-11-15-19(27-16-6-4-3-5-14(16)23-18(13)27)24-17(12-22-15)26-9-7-25(2)8-10-26/h3-6,11-12H,7-10H2,1-2H3,(H,21,28). The number of fused-ring (bicyclic) bond motifs is 5. The summed E-state index contributed by atoms with van der Waals surface area (Å²) in [4.78, 5) is 31.3. The van der Waals surface area contributed by atoms with Crippen LogP contribution in [-0.2, 0) is 0 Å². The molecule has 0 radical (unpaired) electrons. The summed E-state index contributed by atoms with van der Waals surface area (Å²) in [5.74, 6) is 0.666. The number of benzene rings is 1. The molecule has 0 bridgehead atoms. The van der Waals surface area contributed by atoms with Crippen molar-refractivity contribution in [1.82, 2.24) is 29.6 Å². The SMILES string of the molecule is CNC(=O)c1cc2ncc(N3CCN(C)CC3)nc2n2c1nc1ccccc12. The van der Waals surface area contributed by atoms with Crippen molar-refractivity contribution in [3.8, 4) is 0 Å². The topological polar surface area (TPSA) is 78.7 Å². The fraction of sp³-hybridized carbons (Fsp3) is 0.300. The van der Waals surface area contributed by atoms with Crippen molar-refractivity contribution in [3.05, 3.63) is 42.1 Å². The molecule has 0 spiro atoms. The number of anilines is 1. The fourth-order valence-electron chi connectivity index (χ4n) is 3.76. The van der Waals surface area contributed by atoms with Crippen LogP contribution in [0.3, 0.4) is 0 Å². The molecular formula is C20H21N7O. The van der Waals surface area contributed by atoms with Gasteiger partial charge in [-0.05, 0) is 25.2 Å². The first-order valence-electron chi connectivity index (χ1n) is 9.38.